The Bertz CT molecular complexity index is 544. The standard InChI is InChI=1S/C14H14ClN3/c15-14-11(7-16)5-12(8-18-14)10-2-1-9-3-4-17-13(9)6-10/h5-6,8-9,13,17H,1-4H2/t9-,13-/m1/s1. The third-order valence-electron chi connectivity index (χ3n) is 3.90. The summed E-state index contributed by atoms with van der Waals surface area (Å²) in [6.07, 6.45) is 7.62. The van der Waals surface area contributed by atoms with Gasteiger partial charge >= 0.3 is 0 Å². The molecule has 0 aromatic carbocycles. The van der Waals surface area contributed by atoms with Gasteiger partial charge in [0.05, 0.1) is 5.56 Å². The van der Waals surface area contributed by atoms with Crippen LogP contribution in [0.5, 0.6) is 0 Å². The molecule has 2 aliphatic rings. The quantitative estimate of drug-likeness (QED) is 0.789. The highest BCUT2D eigenvalue weighted by Gasteiger charge is 2.29. The van der Waals surface area contributed by atoms with E-state index >= 15 is 0 Å². The molecule has 18 heavy (non-hydrogen) atoms. The molecular formula is C14H14ClN3. The summed E-state index contributed by atoms with van der Waals surface area (Å²) in [7, 11) is 0. The fourth-order valence-corrected chi connectivity index (χ4v) is 3.03. The molecule has 0 saturated carbocycles. The molecule has 3 nitrogen and oxygen atoms in total. The van der Waals surface area contributed by atoms with Crippen LogP contribution in [0.25, 0.3) is 5.57 Å². The topological polar surface area (TPSA) is 48.7 Å². The average molecular weight is 260 g/mol. The van der Waals surface area contributed by atoms with Crippen LogP contribution in [0, 0.1) is 17.2 Å². The molecule has 4 heteroatoms. The van der Waals surface area contributed by atoms with Gasteiger partial charge in [-0.3, -0.25) is 0 Å². The Morgan fingerprint density at radius 1 is 1.44 bits per heavy atom. The van der Waals surface area contributed by atoms with Crippen molar-refractivity contribution in [1.29, 1.82) is 5.26 Å². The highest BCUT2D eigenvalue weighted by Crippen LogP contribution is 2.34. The largest absolute Gasteiger partial charge is 0.310 e. The first-order valence-electron chi connectivity index (χ1n) is 6.28. The maximum atomic E-state index is 8.99. The number of rotatable bonds is 1. The van der Waals surface area contributed by atoms with Crippen molar-refractivity contribution < 1.29 is 0 Å². The van der Waals surface area contributed by atoms with Gasteiger partial charge in [-0.15, -0.1) is 0 Å². The van der Waals surface area contributed by atoms with Crippen LogP contribution in [-0.4, -0.2) is 17.6 Å². The first kappa shape index (κ1) is 11.7. The molecule has 1 aliphatic heterocycles. The second kappa shape index (κ2) is 4.72. The number of pyridine rings is 1. The number of nitrogens with one attached hydrogen (secondary N) is 1. The van der Waals surface area contributed by atoms with Crippen molar-refractivity contribution in [3.8, 4) is 6.07 Å². The van der Waals surface area contributed by atoms with Crippen LogP contribution in [0.3, 0.4) is 0 Å². The highest BCUT2D eigenvalue weighted by atomic mass is 35.5. The van der Waals surface area contributed by atoms with E-state index in [-0.39, 0.29) is 5.15 Å². The minimum atomic E-state index is 0.287. The third-order valence-corrected chi connectivity index (χ3v) is 4.20. The van der Waals surface area contributed by atoms with Gasteiger partial charge in [-0.05, 0) is 48.9 Å². The minimum absolute atomic E-state index is 0.287. The molecular weight excluding hydrogens is 246 g/mol. The normalized spacial score (nSPS) is 26.3. The van der Waals surface area contributed by atoms with Gasteiger partial charge < -0.3 is 5.32 Å². The zero-order valence-electron chi connectivity index (χ0n) is 9.99. The van der Waals surface area contributed by atoms with Crippen molar-refractivity contribution in [2.24, 2.45) is 5.92 Å². The zero-order chi connectivity index (χ0) is 12.5. The summed E-state index contributed by atoms with van der Waals surface area (Å²) in [5.74, 6) is 0.782. The lowest BCUT2D eigenvalue weighted by atomic mass is 9.84. The van der Waals surface area contributed by atoms with Crippen LogP contribution in [-0.2, 0) is 0 Å². The van der Waals surface area contributed by atoms with Crippen molar-refractivity contribution in [3.63, 3.8) is 0 Å². The van der Waals surface area contributed by atoms with E-state index in [4.69, 9.17) is 16.9 Å². The maximum Gasteiger partial charge on any atom is 0.146 e. The van der Waals surface area contributed by atoms with E-state index in [0.29, 0.717) is 11.6 Å². The van der Waals surface area contributed by atoms with Gasteiger partial charge in [-0.2, -0.15) is 5.26 Å². The van der Waals surface area contributed by atoms with E-state index < -0.39 is 0 Å². The fourth-order valence-electron chi connectivity index (χ4n) is 2.88. The van der Waals surface area contributed by atoms with E-state index in [9.17, 15) is 0 Å². The Kier molecular flexibility index (Phi) is 3.07. The van der Waals surface area contributed by atoms with Crippen LogP contribution in [0.2, 0.25) is 5.15 Å². The third kappa shape index (κ3) is 2.03. The van der Waals surface area contributed by atoms with E-state index in [1.807, 2.05) is 6.07 Å². The number of allylic oxidation sites excluding steroid dienone is 1. The van der Waals surface area contributed by atoms with Crippen LogP contribution < -0.4 is 5.32 Å². The van der Waals surface area contributed by atoms with Gasteiger partial charge in [0.25, 0.3) is 0 Å². The molecule has 1 aromatic rings. The number of fused-ring (bicyclic) bond motifs is 1. The molecule has 0 bridgehead atoms. The highest BCUT2D eigenvalue weighted by molar-refractivity contribution is 6.30. The first-order chi connectivity index (χ1) is 8.78. The molecule has 1 N–H and O–H groups in total. The van der Waals surface area contributed by atoms with Crippen molar-refractivity contribution in [2.45, 2.75) is 25.3 Å². The fraction of sp³-hybridized carbons (Fsp3) is 0.429. The van der Waals surface area contributed by atoms with Gasteiger partial charge in [0.1, 0.15) is 11.2 Å². The molecule has 0 spiro atoms. The molecule has 0 amide bonds. The molecule has 1 fully saturated rings. The molecule has 0 unspecified atom stereocenters. The summed E-state index contributed by atoms with van der Waals surface area (Å²) in [4.78, 5) is 4.09. The first-order valence-corrected chi connectivity index (χ1v) is 6.66. The monoisotopic (exact) mass is 259 g/mol. The summed E-state index contributed by atoms with van der Waals surface area (Å²) in [6, 6.07) is 4.42. The molecule has 3 rings (SSSR count). The van der Waals surface area contributed by atoms with E-state index in [0.717, 1.165) is 24.4 Å². The van der Waals surface area contributed by atoms with Crippen LogP contribution in [0.4, 0.5) is 0 Å². The van der Waals surface area contributed by atoms with Gasteiger partial charge in [0.15, 0.2) is 0 Å². The number of aromatic nitrogens is 1. The zero-order valence-corrected chi connectivity index (χ0v) is 10.7. The minimum Gasteiger partial charge on any atom is -0.310 e. The Balaban J connectivity index is 1.93. The summed E-state index contributed by atoms with van der Waals surface area (Å²) in [5.41, 5.74) is 2.77. The number of hydrogen-bond acceptors (Lipinski definition) is 3. The molecule has 2 atom stereocenters. The predicted molar refractivity (Wildman–Crippen MR) is 71.1 cm³/mol. The lowest BCUT2D eigenvalue weighted by Crippen LogP contribution is -2.27. The molecule has 0 radical (unpaired) electrons. The Labute approximate surface area is 111 Å². The Morgan fingerprint density at radius 3 is 3.17 bits per heavy atom. The van der Waals surface area contributed by atoms with Crippen molar-refractivity contribution in [2.75, 3.05) is 6.54 Å². The smallest absolute Gasteiger partial charge is 0.146 e. The van der Waals surface area contributed by atoms with E-state index in [1.54, 1.807) is 6.20 Å². The lowest BCUT2D eigenvalue weighted by Gasteiger charge is -2.24. The second-order valence-corrected chi connectivity index (χ2v) is 5.29. The van der Waals surface area contributed by atoms with E-state index in [1.165, 1.54) is 18.4 Å². The van der Waals surface area contributed by atoms with E-state index in [2.05, 4.69) is 22.4 Å². The average Bonchev–Trinajstić information content (AvgIpc) is 2.86. The number of halogens is 1. The van der Waals surface area contributed by atoms with Crippen molar-refractivity contribution in [1.82, 2.24) is 10.3 Å². The molecule has 92 valence electrons. The van der Waals surface area contributed by atoms with Gasteiger partial charge in [0, 0.05) is 12.2 Å². The van der Waals surface area contributed by atoms with Crippen LogP contribution in [0.1, 0.15) is 30.4 Å². The molecule has 1 aromatic heterocycles. The SMILES string of the molecule is N#Cc1cc(C2=C[C@H]3NCC[C@H]3CC2)cnc1Cl. The molecule has 2 heterocycles. The number of hydrogen-bond donors (Lipinski definition) is 1. The van der Waals surface area contributed by atoms with Crippen molar-refractivity contribution >= 4 is 17.2 Å². The molecule has 1 saturated heterocycles. The Hall–Kier alpha value is -1.37. The second-order valence-electron chi connectivity index (χ2n) is 4.93. The summed E-state index contributed by atoms with van der Waals surface area (Å²) < 4.78 is 0. The number of nitrogens with zero attached hydrogens (tertiary/aromatic N) is 2. The van der Waals surface area contributed by atoms with Gasteiger partial charge in [0.2, 0.25) is 0 Å². The van der Waals surface area contributed by atoms with Gasteiger partial charge in [-0.25, -0.2) is 4.98 Å². The maximum absolute atomic E-state index is 8.99. The lowest BCUT2D eigenvalue weighted by molar-refractivity contribution is 0.465. The summed E-state index contributed by atoms with van der Waals surface area (Å²) in [6.45, 7) is 1.11. The molecule has 1 aliphatic carbocycles. The summed E-state index contributed by atoms with van der Waals surface area (Å²) in [5, 5.41) is 12.8. The summed E-state index contributed by atoms with van der Waals surface area (Å²) >= 11 is 5.86. The Morgan fingerprint density at radius 2 is 2.33 bits per heavy atom. The number of nitriles is 1. The van der Waals surface area contributed by atoms with Crippen molar-refractivity contribution in [3.05, 3.63) is 34.6 Å². The van der Waals surface area contributed by atoms with Crippen LogP contribution in [0.15, 0.2) is 18.3 Å². The predicted octanol–water partition coefficient (Wildman–Crippen LogP) is 2.76. The van der Waals surface area contributed by atoms with Crippen LogP contribution >= 0.6 is 11.6 Å². The van der Waals surface area contributed by atoms with Gasteiger partial charge in [-0.1, -0.05) is 17.7 Å².